The van der Waals surface area contributed by atoms with Crippen LogP contribution in [0.4, 0.5) is 0 Å². The summed E-state index contributed by atoms with van der Waals surface area (Å²) in [6.45, 7) is 1.82. The molecule has 0 aliphatic heterocycles. The van der Waals surface area contributed by atoms with Crippen LogP contribution in [0.15, 0.2) is 47.5 Å². The van der Waals surface area contributed by atoms with E-state index in [9.17, 15) is 14.4 Å². The highest BCUT2D eigenvalue weighted by Gasteiger charge is 2.19. The van der Waals surface area contributed by atoms with Gasteiger partial charge in [-0.1, -0.05) is 41.1 Å². The van der Waals surface area contributed by atoms with Gasteiger partial charge in [0.25, 0.3) is 5.91 Å². The maximum Gasteiger partial charge on any atom is 0.337 e. The lowest BCUT2D eigenvalue weighted by atomic mass is 10.2. The molecule has 0 fully saturated rings. The summed E-state index contributed by atoms with van der Waals surface area (Å²) in [5.74, 6) is -1.45. The standard InChI is InChI=1S/C22H17ClN2O5S2/c1-3-30-17(26)11-25-14-9-8-12(21(28)29-2)10-16(14)32-22(25)24-20(27)19-18(23)13-6-4-5-7-15(13)31-19/h4-10H,3,11H2,1-2H3. The van der Waals surface area contributed by atoms with Gasteiger partial charge in [-0.3, -0.25) is 9.59 Å². The van der Waals surface area contributed by atoms with E-state index in [0.717, 1.165) is 10.1 Å². The molecule has 0 atom stereocenters. The molecular formula is C22H17ClN2O5S2. The van der Waals surface area contributed by atoms with Crippen molar-refractivity contribution in [3.8, 4) is 0 Å². The Hall–Kier alpha value is -3.01. The molecule has 0 unspecified atom stereocenters. The quantitative estimate of drug-likeness (QED) is 0.381. The summed E-state index contributed by atoms with van der Waals surface area (Å²) in [6.07, 6.45) is 0. The van der Waals surface area contributed by atoms with Crippen molar-refractivity contribution in [2.24, 2.45) is 4.99 Å². The number of hydrogen-bond donors (Lipinski definition) is 0. The van der Waals surface area contributed by atoms with Gasteiger partial charge in [0, 0.05) is 10.1 Å². The second-order valence-corrected chi connectivity index (χ2v) is 9.05. The number of rotatable bonds is 5. The Morgan fingerprint density at radius 1 is 1.09 bits per heavy atom. The van der Waals surface area contributed by atoms with Crippen LogP contribution in [0.25, 0.3) is 20.3 Å². The SMILES string of the molecule is CCOC(=O)Cn1c(=NC(=O)c2sc3ccccc3c2Cl)sc2cc(C(=O)OC)ccc21. The zero-order chi connectivity index (χ0) is 22.8. The summed E-state index contributed by atoms with van der Waals surface area (Å²) in [5, 5.41) is 1.14. The number of thiazole rings is 1. The number of nitrogens with zero attached hydrogens (tertiary/aromatic N) is 2. The van der Waals surface area contributed by atoms with E-state index in [-0.39, 0.29) is 13.2 Å². The van der Waals surface area contributed by atoms with Crippen LogP contribution in [0.1, 0.15) is 27.0 Å². The fourth-order valence-electron chi connectivity index (χ4n) is 3.18. The lowest BCUT2D eigenvalue weighted by Crippen LogP contribution is -2.23. The van der Waals surface area contributed by atoms with Gasteiger partial charge in [-0.25, -0.2) is 4.79 Å². The number of aromatic nitrogens is 1. The number of carbonyl (C=O) groups is 3. The second-order valence-electron chi connectivity index (χ2n) is 6.61. The van der Waals surface area contributed by atoms with Crippen molar-refractivity contribution in [3.05, 3.63) is 62.7 Å². The number of halogens is 1. The molecule has 0 saturated heterocycles. The molecule has 0 spiro atoms. The van der Waals surface area contributed by atoms with Gasteiger partial charge in [-0.2, -0.15) is 4.99 Å². The van der Waals surface area contributed by atoms with Crippen molar-refractivity contribution >= 4 is 72.4 Å². The van der Waals surface area contributed by atoms with Gasteiger partial charge >= 0.3 is 11.9 Å². The lowest BCUT2D eigenvalue weighted by Gasteiger charge is -2.05. The van der Waals surface area contributed by atoms with E-state index in [4.69, 9.17) is 21.1 Å². The largest absolute Gasteiger partial charge is 0.465 e. The first-order chi connectivity index (χ1) is 15.4. The summed E-state index contributed by atoms with van der Waals surface area (Å²) in [6, 6.07) is 12.4. The molecule has 32 heavy (non-hydrogen) atoms. The van der Waals surface area contributed by atoms with E-state index in [0.29, 0.717) is 30.5 Å². The summed E-state index contributed by atoms with van der Waals surface area (Å²) in [4.78, 5) is 42.0. The average molecular weight is 489 g/mol. The summed E-state index contributed by atoms with van der Waals surface area (Å²) >= 11 is 8.88. The van der Waals surface area contributed by atoms with Crippen molar-refractivity contribution in [1.29, 1.82) is 0 Å². The zero-order valence-electron chi connectivity index (χ0n) is 17.1. The van der Waals surface area contributed by atoms with Crippen molar-refractivity contribution < 1.29 is 23.9 Å². The molecule has 0 saturated carbocycles. The molecule has 0 aliphatic carbocycles. The minimum absolute atomic E-state index is 0.127. The number of amides is 1. The first-order valence-corrected chi connectivity index (χ1v) is 11.6. The Labute approximate surface area is 195 Å². The molecule has 0 N–H and O–H groups in total. The first kappa shape index (κ1) is 22.2. The van der Waals surface area contributed by atoms with Crippen LogP contribution in [0.2, 0.25) is 5.02 Å². The van der Waals surface area contributed by atoms with Crippen LogP contribution in [0, 0.1) is 0 Å². The third kappa shape index (κ3) is 4.19. The molecule has 164 valence electrons. The highest BCUT2D eigenvalue weighted by Crippen LogP contribution is 2.35. The van der Waals surface area contributed by atoms with Crippen molar-refractivity contribution in [2.75, 3.05) is 13.7 Å². The lowest BCUT2D eigenvalue weighted by molar-refractivity contribution is -0.143. The molecule has 2 aromatic heterocycles. The molecule has 2 aromatic carbocycles. The maximum atomic E-state index is 13.0. The van der Waals surface area contributed by atoms with Crippen LogP contribution in [0.5, 0.6) is 0 Å². The number of esters is 2. The molecule has 10 heteroatoms. The van der Waals surface area contributed by atoms with Crippen molar-refractivity contribution in [2.45, 2.75) is 13.5 Å². The first-order valence-electron chi connectivity index (χ1n) is 9.56. The molecule has 0 aliphatic rings. The zero-order valence-corrected chi connectivity index (χ0v) is 19.5. The Kier molecular flexibility index (Phi) is 6.40. The van der Waals surface area contributed by atoms with Gasteiger partial charge < -0.3 is 14.0 Å². The van der Waals surface area contributed by atoms with Gasteiger partial charge in [0.15, 0.2) is 4.80 Å². The molecule has 2 heterocycles. The number of methoxy groups -OCH3 is 1. The highest BCUT2D eigenvalue weighted by molar-refractivity contribution is 7.21. The average Bonchev–Trinajstić information content (AvgIpc) is 3.30. The second kappa shape index (κ2) is 9.23. The van der Waals surface area contributed by atoms with Gasteiger partial charge in [0.05, 0.1) is 34.5 Å². The third-order valence-electron chi connectivity index (χ3n) is 4.62. The fourth-order valence-corrected chi connectivity index (χ4v) is 5.64. The van der Waals surface area contributed by atoms with E-state index < -0.39 is 17.8 Å². The normalized spacial score (nSPS) is 11.8. The van der Waals surface area contributed by atoms with Crippen LogP contribution in [-0.4, -0.2) is 36.1 Å². The Balaban J connectivity index is 1.85. The van der Waals surface area contributed by atoms with Crippen molar-refractivity contribution in [3.63, 3.8) is 0 Å². The molecule has 4 rings (SSSR count). The Morgan fingerprint density at radius 3 is 2.59 bits per heavy atom. The predicted octanol–water partition coefficient (Wildman–Crippen LogP) is 4.66. The third-order valence-corrected chi connectivity index (χ3v) is 7.33. The van der Waals surface area contributed by atoms with Crippen LogP contribution in [-0.2, 0) is 20.8 Å². The topological polar surface area (TPSA) is 87.0 Å². The number of thiophene rings is 1. The van der Waals surface area contributed by atoms with Gasteiger partial charge in [-0.15, -0.1) is 11.3 Å². The molecule has 4 aromatic rings. The van der Waals surface area contributed by atoms with Crippen LogP contribution < -0.4 is 4.80 Å². The number of fused-ring (bicyclic) bond motifs is 2. The van der Waals surface area contributed by atoms with E-state index >= 15 is 0 Å². The molecule has 1 amide bonds. The Bertz CT molecular complexity index is 1430. The number of ether oxygens (including phenoxy) is 2. The summed E-state index contributed by atoms with van der Waals surface area (Å²) in [7, 11) is 1.30. The van der Waals surface area contributed by atoms with E-state index in [1.165, 1.54) is 29.8 Å². The molecular weight excluding hydrogens is 472 g/mol. The number of hydrogen-bond acceptors (Lipinski definition) is 7. The fraction of sp³-hybridized carbons (Fsp3) is 0.182. The minimum Gasteiger partial charge on any atom is -0.465 e. The molecule has 0 bridgehead atoms. The molecule has 7 nitrogen and oxygen atoms in total. The predicted molar refractivity (Wildman–Crippen MR) is 125 cm³/mol. The van der Waals surface area contributed by atoms with Crippen LogP contribution >= 0.6 is 34.3 Å². The van der Waals surface area contributed by atoms with E-state index in [1.54, 1.807) is 29.7 Å². The minimum atomic E-state index is -0.506. The van der Waals surface area contributed by atoms with Crippen molar-refractivity contribution in [1.82, 2.24) is 4.57 Å². The Morgan fingerprint density at radius 2 is 1.88 bits per heavy atom. The number of benzene rings is 2. The van der Waals surface area contributed by atoms with E-state index in [1.807, 2.05) is 24.3 Å². The van der Waals surface area contributed by atoms with Crippen LogP contribution in [0.3, 0.4) is 0 Å². The summed E-state index contributed by atoms with van der Waals surface area (Å²) in [5.41, 5.74) is 1.000. The molecule has 0 radical (unpaired) electrons. The maximum absolute atomic E-state index is 13.0. The van der Waals surface area contributed by atoms with E-state index in [2.05, 4.69) is 4.99 Å². The highest BCUT2D eigenvalue weighted by atomic mass is 35.5. The van der Waals surface area contributed by atoms with Gasteiger partial charge in [-0.05, 0) is 31.2 Å². The van der Waals surface area contributed by atoms with Gasteiger partial charge in [0.1, 0.15) is 11.4 Å². The number of carbonyl (C=O) groups excluding carboxylic acids is 3. The summed E-state index contributed by atoms with van der Waals surface area (Å²) < 4.78 is 13.0. The smallest absolute Gasteiger partial charge is 0.337 e. The van der Waals surface area contributed by atoms with Gasteiger partial charge in [0.2, 0.25) is 0 Å². The monoisotopic (exact) mass is 488 g/mol.